The molecule has 0 bridgehead atoms. The predicted molar refractivity (Wildman–Crippen MR) is 103 cm³/mol. The van der Waals surface area contributed by atoms with Crippen LogP contribution in [0.4, 0.5) is 0 Å². The molecule has 4 heterocycles. The summed E-state index contributed by atoms with van der Waals surface area (Å²) in [6, 6.07) is 3.75. The summed E-state index contributed by atoms with van der Waals surface area (Å²) in [5.74, 6) is 0.773. The first-order chi connectivity index (χ1) is 13.8. The van der Waals surface area contributed by atoms with Gasteiger partial charge in [-0.2, -0.15) is 9.40 Å². The van der Waals surface area contributed by atoms with Gasteiger partial charge >= 0.3 is 0 Å². The van der Waals surface area contributed by atoms with E-state index in [4.69, 9.17) is 4.52 Å². The molecule has 0 radical (unpaired) electrons. The first-order valence-electron chi connectivity index (χ1n) is 9.18. The SMILES string of the molecule is Cc1noc(C)c1S(=O)(=O)N1CCN(C(=O)c2cnn(C)c2-n2cccc2)CC1. The van der Waals surface area contributed by atoms with E-state index in [9.17, 15) is 13.2 Å². The largest absolute Gasteiger partial charge is 0.360 e. The molecule has 11 heteroatoms. The number of hydrogen-bond acceptors (Lipinski definition) is 6. The minimum Gasteiger partial charge on any atom is -0.360 e. The van der Waals surface area contributed by atoms with Crippen molar-refractivity contribution in [3.8, 4) is 5.82 Å². The molecule has 0 N–H and O–H groups in total. The van der Waals surface area contributed by atoms with E-state index in [2.05, 4.69) is 10.3 Å². The third-order valence-electron chi connectivity index (χ3n) is 5.08. The van der Waals surface area contributed by atoms with E-state index in [-0.39, 0.29) is 29.7 Å². The zero-order valence-corrected chi connectivity index (χ0v) is 17.3. The van der Waals surface area contributed by atoms with Gasteiger partial charge in [0.05, 0.1) is 6.20 Å². The van der Waals surface area contributed by atoms with Crippen LogP contribution in [0.2, 0.25) is 0 Å². The van der Waals surface area contributed by atoms with Crippen molar-refractivity contribution in [2.24, 2.45) is 7.05 Å². The predicted octanol–water partition coefficient (Wildman–Crippen LogP) is 0.962. The topological polar surface area (TPSA) is 106 Å². The van der Waals surface area contributed by atoms with E-state index in [1.807, 2.05) is 29.1 Å². The first-order valence-corrected chi connectivity index (χ1v) is 10.6. The Morgan fingerprint density at radius 3 is 2.34 bits per heavy atom. The van der Waals surface area contributed by atoms with Gasteiger partial charge in [-0.1, -0.05) is 5.16 Å². The van der Waals surface area contributed by atoms with Crippen molar-refractivity contribution in [3.05, 3.63) is 47.7 Å². The molecule has 154 valence electrons. The maximum absolute atomic E-state index is 13.1. The lowest BCUT2D eigenvalue weighted by atomic mass is 10.2. The van der Waals surface area contributed by atoms with Crippen LogP contribution in [0, 0.1) is 13.8 Å². The first kappa shape index (κ1) is 19.4. The zero-order chi connectivity index (χ0) is 20.8. The van der Waals surface area contributed by atoms with Crippen molar-refractivity contribution in [1.82, 2.24) is 28.7 Å². The number of aromatic nitrogens is 4. The number of piperazine rings is 1. The molecule has 0 aromatic carbocycles. The van der Waals surface area contributed by atoms with Crippen LogP contribution in [-0.2, 0) is 17.1 Å². The van der Waals surface area contributed by atoms with E-state index in [0.717, 1.165) is 0 Å². The second kappa shape index (κ2) is 7.16. The Hall–Kier alpha value is -2.92. The Bertz CT molecular complexity index is 1120. The molecule has 1 aliphatic heterocycles. The van der Waals surface area contributed by atoms with Gasteiger partial charge in [0.25, 0.3) is 5.91 Å². The molecule has 1 fully saturated rings. The summed E-state index contributed by atoms with van der Waals surface area (Å²) in [6.07, 6.45) is 5.24. The fraction of sp³-hybridized carbons (Fsp3) is 0.389. The number of aryl methyl sites for hydroxylation is 3. The van der Waals surface area contributed by atoms with Crippen LogP contribution in [0.1, 0.15) is 21.8 Å². The second-order valence-corrected chi connectivity index (χ2v) is 8.82. The van der Waals surface area contributed by atoms with Crippen molar-refractivity contribution in [3.63, 3.8) is 0 Å². The van der Waals surface area contributed by atoms with Crippen LogP contribution in [-0.4, -0.2) is 69.2 Å². The lowest BCUT2D eigenvalue weighted by molar-refractivity contribution is 0.0697. The maximum atomic E-state index is 13.1. The molecule has 29 heavy (non-hydrogen) atoms. The molecule has 0 spiro atoms. The summed E-state index contributed by atoms with van der Waals surface area (Å²) < 4.78 is 35.8. The molecule has 4 rings (SSSR count). The van der Waals surface area contributed by atoms with Crippen molar-refractivity contribution in [2.45, 2.75) is 18.7 Å². The maximum Gasteiger partial charge on any atom is 0.259 e. The van der Waals surface area contributed by atoms with Gasteiger partial charge in [-0.3, -0.25) is 9.48 Å². The van der Waals surface area contributed by atoms with Gasteiger partial charge in [0.15, 0.2) is 5.76 Å². The minimum absolute atomic E-state index is 0.111. The van der Waals surface area contributed by atoms with E-state index in [1.54, 1.807) is 36.7 Å². The number of sulfonamides is 1. The number of carbonyl (C=O) groups excluding carboxylic acids is 1. The average molecular weight is 418 g/mol. The molecule has 0 aliphatic carbocycles. The smallest absolute Gasteiger partial charge is 0.259 e. The monoisotopic (exact) mass is 418 g/mol. The molecule has 3 aromatic rings. The van der Waals surface area contributed by atoms with Crippen molar-refractivity contribution >= 4 is 15.9 Å². The highest BCUT2D eigenvalue weighted by Gasteiger charge is 2.35. The Balaban J connectivity index is 1.52. The number of hydrogen-bond donors (Lipinski definition) is 0. The van der Waals surface area contributed by atoms with Crippen LogP contribution in [0.5, 0.6) is 0 Å². The van der Waals surface area contributed by atoms with Gasteiger partial charge in [0.1, 0.15) is 22.0 Å². The molecule has 1 saturated heterocycles. The van der Waals surface area contributed by atoms with Gasteiger partial charge in [-0.25, -0.2) is 8.42 Å². The van der Waals surface area contributed by atoms with Gasteiger partial charge in [-0.15, -0.1) is 0 Å². The highest BCUT2D eigenvalue weighted by atomic mass is 32.2. The summed E-state index contributed by atoms with van der Waals surface area (Å²) in [4.78, 5) is 14.9. The summed E-state index contributed by atoms with van der Waals surface area (Å²) >= 11 is 0. The zero-order valence-electron chi connectivity index (χ0n) is 16.4. The minimum atomic E-state index is -3.71. The van der Waals surface area contributed by atoms with Crippen LogP contribution in [0.15, 0.2) is 40.1 Å². The van der Waals surface area contributed by atoms with E-state index in [0.29, 0.717) is 30.2 Å². The fourth-order valence-corrected chi connectivity index (χ4v) is 5.35. The Morgan fingerprint density at radius 1 is 1.10 bits per heavy atom. The second-order valence-electron chi connectivity index (χ2n) is 6.95. The number of rotatable bonds is 4. The summed E-state index contributed by atoms with van der Waals surface area (Å²) in [7, 11) is -1.94. The lowest BCUT2D eigenvalue weighted by Gasteiger charge is -2.33. The lowest BCUT2D eigenvalue weighted by Crippen LogP contribution is -2.50. The van der Waals surface area contributed by atoms with E-state index in [1.165, 1.54) is 4.31 Å². The fourth-order valence-electron chi connectivity index (χ4n) is 3.64. The van der Waals surface area contributed by atoms with Gasteiger partial charge in [-0.05, 0) is 26.0 Å². The number of amides is 1. The van der Waals surface area contributed by atoms with Gasteiger partial charge < -0.3 is 14.0 Å². The molecule has 10 nitrogen and oxygen atoms in total. The molecule has 0 atom stereocenters. The van der Waals surface area contributed by atoms with Crippen LogP contribution >= 0.6 is 0 Å². The average Bonchev–Trinajstić information content (AvgIpc) is 3.42. The highest BCUT2D eigenvalue weighted by molar-refractivity contribution is 7.89. The Morgan fingerprint density at radius 2 is 1.76 bits per heavy atom. The highest BCUT2D eigenvalue weighted by Crippen LogP contribution is 2.25. The molecule has 0 saturated carbocycles. The van der Waals surface area contributed by atoms with Gasteiger partial charge in [0, 0.05) is 45.6 Å². The third-order valence-corrected chi connectivity index (χ3v) is 7.22. The summed E-state index contributed by atoms with van der Waals surface area (Å²) in [5.41, 5.74) is 0.818. The van der Waals surface area contributed by atoms with E-state index < -0.39 is 10.0 Å². The van der Waals surface area contributed by atoms with Crippen LogP contribution < -0.4 is 0 Å². The standard InChI is InChI=1S/C18H22N6O4S/c1-13-16(14(2)28-20-13)29(26,27)24-10-8-23(9-11-24)18(25)15-12-19-21(3)17(15)22-6-4-5-7-22/h4-7,12H,8-11H2,1-3H3. The quantitative estimate of drug-likeness (QED) is 0.625. The number of nitrogens with zero attached hydrogens (tertiary/aromatic N) is 6. The van der Waals surface area contributed by atoms with Gasteiger partial charge in [0.2, 0.25) is 10.0 Å². The molecule has 1 amide bonds. The third kappa shape index (κ3) is 3.25. The molecule has 3 aromatic heterocycles. The molecule has 0 unspecified atom stereocenters. The molecular weight excluding hydrogens is 396 g/mol. The van der Waals surface area contributed by atoms with Crippen LogP contribution in [0.25, 0.3) is 5.82 Å². The Kier molecular flexibility index (Phi) is 4.79. The molecular formula is C18H22N6O4S. The van der Waals surface area contributed by atoms with E-state index >= 15 is 0 Å². The number of carbonyl (C=O) groups is 1. The summed E-state index contributed by atoms with van der Waals surface area (Å²) in [5, 5.41) is 7.96. The Labute approximate surface area is 168 Å². The van der Waals surface area contributed by atoms with Crippen LogP contribution in [0.3, 0.4) is 0 Å². The summed E-state index contributed by atoms with van der Waals surface area (Å²) in [6.45, 7) is 4.18. The van der Waals surface area contributed by atoms with Crippen molar-refractivity contribution < 1.29 is 17.7 Å². The van der Waals surface area contributed by atoms with Crippen molar-refractivity contribution in [1.29, 1.82) is 0 Å². The molecule has 1 aliphatic rings. The normalized spacial score (nSPS) is 15.8. The van der Waals surface area contributed by atoms with Crippen molar-refractivity contribution in [2.75, 3.05) is 26.2 Å².